The van der Waals surface area contributed by atoms with Crippen molar-refractivity contribution in [1.29, 1.82) is 0 Å². The summed E-state index contributed by atoms with van der Waals surface area (Å²) in [7, 11) is 0. The van der Waals surface area contributed by atoms with Crippen LogP contribution >= 0.6 is 15.9 Å². The lowest BCUT2D eigenvalue weighted by Gasteiger charge is -2.25. The molecular formula is C20H18BrN7O. The molecule has 0 aliphatic carbocycles. The first-order valence-corrected chi connectivity index (χ1v) is 10.1. The zero-order chi connectivity index (χ0) is 19.6. The fraction of sp³-hybridized carbons (Fsp3) is 0.200. The standard InChI is InChI=1S/C20H18BrN7O/c21-17-3-1-2-14-12-22-19(25-18(14)17)24-15-4-6-16(7-5-15)28-13-23-20(26-28)27-8-10-29-11-9-27/h1-7,12-13H,8-11H2,(H,22,24,25). The van der Waals surface area contributed by atoms with Crippen molar-refractivity contribution >= 4 is 44.4 Å². The fourth-order valence-electron chi connectivity index (χ4n) is 3.19. The number of nitrogens with one attached hydrogen (secondary N) is 1. The molecule has 0 unspecified atom stereocenters. The van der Waals surface area contributed by atoms with Crippen molar-refractivity contribution in [1.82, 2.24) is 24.7 Å². The average Bonchev–Trinajstić information content (AvgIpc) is 3.26. The molecule has 2 aromatic carbocycles. The third-order valence-electron chi connectivity index (χ3n) is 4.72. The highest BCUT2D eigenvalue weighted by molar-refractivity contribution is 9.10. The molecule has 9 heteroatoms. The second-order valence-corrected chi connectivity index (χ2v) is 7.49. The van der Waals surface area contributed by atoms with E-state index in [9.17, 15) is 0 Å². The third-order valence-corrected chi connectivity index (χ3v) is 5.36. The topological polar surface area (TPSA) is 81.0 Å². The van der Waals surface area contributed by atoms with Crippen molar-refractivity contribution in [2.24, 2.45) is 0 Å². The van der Waals surface area contributed by atoms with Gasteiger partial charge in [0.2, 0.25) is 11.9 Å². The first kappa shape index (κ1) is 18.0. The van der Waals surface area contributed by atoms with Crippen LogP contribution in [-0.2, 0) is 4.74 Å². The number of hydrogen-bond donors (Lipinski definition) is 1. The molecule has 1 aliphatic rings. The molecular weight excluding hydrogens is 434 g/mol. The van der Waals surface area contributed by atoms with Gasteiger partial charge in [-0.2, -0.15) is 4.98 Å². The molecule has 0 saturated carbocycles. The Morgan fingerprint density at radius 1 is 1.00 bits per heavy atom. The Morgan fingerprint density at radius 2 is 1.83 bits per heavy atom. The van der Waals surface area contributed by atoms with Crippen LogP contribution in [0.15, 0.2) is 59.5 Å². The fourth-order valence-corrected chi connectivity index (χ4v) is 3.66. The molecule has 146 valence electrons. The van der Waals surface area contributed by atoms with Crippen molar-refractivity contribution < 1.29 is 4.74 Å². The highest BCUT2D eigenvalue weighted by Crippen LogP contribution is 2.23. The highest BCUT2D eigenvalue weighted by atomic mass is 79.9. The lowest BCUT2D eigenvalue weighted by Crippen LogP contribution is -2.37. The van der Waals surface area contributed by atoms with E-state index in [0.29, 0.717) is 19.2 Å². The van der Waals surface area contributed by atoms with Gasteiger partial charge in [0, 0.05) is 34.8 Å². The Labute approximate surface area is 175 Å². The van der Waals surface area contributed by atoms with Crippen LogP contribution in [0.2, 0.25) is 0 Å². The van der Waals surface area contributed by atoms with Crippen LogP contribution in [0.25, 0.3) is 16.6 Å². The van der Waals surface area contributed by atoms with Crippen molar-refractivity contribution in [3.05, 3.63) is 59.5 Å². The summed E-state index contributed by atoms with van der Waals surface area (Å²) in [6.07, 6.45) is 3.55. The molecule has 1 saturated heterocycles. The quantitative estimate of drug-likeness (QED) is 0.507. The number of benzene rings is 2. The molecule has 29 heavy (non-hydrogen) atoms. The van der Waals surface area contributed by atoms with Gasteiger partial charge in [-0.15, -0.1) is 5.10 Å². The van der Waals surface area contributed by atoms with E-state index in [1.165, 1.54) is 0 Å². The molecule has 3 heterocycles. The van der Waals surface area contributed by atoms with Gasteiger partial charge in [-0.3, -0.25) is 0 Å². The Balaban J connectivity index is 1.33. The van der Waals surface area contributed by atoms with Gasteiger partial charge in [0.25, 0.3) is 0 Å². The molecule has 8 nitrogen and oxygen atoms in total. The zero-order valence-electron chi connectivity index (χ0n) is 15.5. The first-order valence-electron chi connectivity index (χ1n) is 9.29. The minimum Gasteiger partial charge on any atom is -0.378 e. The Bertz CT molecular complexity index is 1140. The summed E-state index contributed by atoms with van der Waals surface area (Å²) >= 11 is 3.54. The average molecular weight is 452 g/mol. The molecule has 0 atom stereocenters. The minimum atomic E-state index is 0.549. The van der Waals surface area contributed by atoms with E-state index in [1.807, 2.05) is 48.7 Å². The van der Waals surface area contributed by atoms with Crippen LogP contribution in [0.3, 0.4) is 0 Å². The summed E-state index contributed by atoms with van der Waals surface area (Å²) < 4.78 is 8.10. The number of hydrogen-bond acceptors (Lipinski definition) is 7. The van der Waals surface area contributed by atoms with Gasteiger partial charge in [0.05, 0.1) is 24.4 Å². The molecule has 0 amide bonds. The molecule has 1 aliphatic heterocycles. The van der Waals surface area contributed by atoms with Crippen molar-refractivity contribution in [3.63, 3.8) is 0 Å². The maximum absolute atomic E-state index is 5.38. The number of para-hydroxylation sites is 1. The second kappa shape index (κ2) is 7.76. The predicted molar refractivity (Wildman–Crippen MR) is 115 cm³/mol. The van der Waals surface area contributed by atoms with E-state index in [-0.39, 0.29) is 0 Å². The summed E-state index contributed by atoms with van der Waals surface area (Å²) in [6.45, 7) is 3.05. The minimum absolute atomic E-state index is 0.549. The van der Waals surface area contributed by atoms with Crippen molar-refractivity contribution in [3.8, 4) is 5.69 Å². The van der Waals surface area contributed by atoms with Gasteiger partial charge >= 0.3 is 0 Å². The lowest BCUT2D eigenvalue weighted by atomic mass is 10.2. The highest BCUT2D eigenvalue weighted by Gasteiger charge is 2.15. The van der Waals surface area contributed by atoms with Crippen LogP contribution in [0.5, 0.6) is 0 Å². The number of aromatic nitrogens is 5. The zero-order valence-corrected chi connectivity index (χ0v) is 17.1. The van der Waals surface area contributed by atoms with E-state index in [4.69, 9.17) is 4.74 Å². The van der Waals surface area contributed by atoms with Crippen LogP contribution in [0.4, 0.5) is 17.6 Å². The first-order chi connectivity index (χ1) is 14.3. The Hall–Kier alpha value is -3.04. The molecule has 0 radical (unpaired) electrons. The number of nitrogens with zero attached hydrogens (tertiary/aromatic N) is 6. The van der Waals surface area contributed by atoms with Gasteiger partial charge in [-0.25, -0.2) is 14.6 Å². The lowest BCUT2D eigenvalue weighted by molar-refractivity contribution is 0.122. The van der Waals surface area contributed by atoms with Gasteiger partial charge in [-0.1, -0.05) is 12.1 Å². The van der Waals surface area contributed by atoms with Crippen LogP contribution in [-0.4, -0.2) is 51.0 Å². The van der Waals surface area contributed by atoms with Gasteiger partial charge in [0.1, 0.15) is 6.33 Å². The summed E-state index contributed by atoms with van der Waals surface area (Å²) in [5.74, 6) is 1.28. The molecule has 2 aromatic heterocycles. The third kappa shape index (κ3) is 3.79. The summed E-state index contributed by atoms with van der Waals surface area (Å²) in [5.41, 5.74) is 2.71. The number of ether oxygens (including phenoxy) is 1. The molecule has 1 N–H and O–H groups in total. The maximum atomic E-state index is 5.38. The molecule has 0 spiro atoms. The summed E-state index contributed by atoms with van der Waals surface area (Å²) in [6, 6.07) is 13.8. The van der Waals surface area contributed by atoms with Gasteiger partial charge in [0.15, 0.2) is 0 Å². The normalized spacial score (nSPS) is 14.3. The second-order valence-electron chi connectivity index (χ2n) is 6.63. The van der Waals surface area contributed by atoms with E-state index in [0.717, 1.165) is 45.8 Å². The van der Waals surface area contributed by atoms with Crippen molar-refractivity contribution in [2.75, 3.05) is 36.5 Å². The maximum Gasteiger partial charge on any atom is 0.245 e. The van der Waals surface area contributed by atoms with E-state index < -0.39 is 0 Å². The van der Waals surface area contributed by atoms with E-state index in [1.54, 1.807) is 11.0 Å². The molecule has 4 aromatic rings. The van der Waals surface area contributed by atoms with E-state index in [2.05, 4.69) is 46.2 Å². The van der Waals surface area contributed by atoms with Crippen LogP contribution < -0.4 is 10.2 Å². The van der Waals surface area contributed by atoms with Gasteiger partial charge in [-0.05, 0) is 46.3 Å². The van der Waals surface area contributed by atoms with Crippen molar-refractivity contribution in [2.45, 2.75) is 0 Å². The Kier molecular flexibility index (Phi) is 4.82. The smallest absolute Gasteiger partial charge is 0.245 e. The van der Waals surface area contributed by atoms with E-state index >= 15 is 0 Å². The van der Waals surface area contributed by atoms with Crippen LogP contribution in [0.1, 0.15) is 0 Å². The number of rotatable bonds is 4. The number of anilines is 3. The van der Waals surface area contributed by atoms with Gasteiger partial charge < -0.3 is 15.0 Å². The number of morpholine rings is 1. The number of halogens is 1. The predicted octanol–water partition coefficient (Wildman–Crippen LogP) is 3.55. The summed E-state index contributed by atoms with van der Waals surface area (Å²) in [5, 5.41) is 8.82. The molecule has 5 rings (SSSR count). The van der Waals surface area contributed by atoms with Crippen LogP contribution in [0, 0.1) is 0 Å². The summed E-state index contributed by atoms with van der Waals surface area (Å²) in [4.78, 5) is 15.5. The number of fused-ring (bicyclic) bond motifs is 1. The monoisotopic (exact) mass is 451 g/mol. The SMILES string of the molecule is Brc1cccc2cnc(Nc3ccc(-n4cnc(N5CCOCC5)n4)cc3)nc12. The largest absolute Gasteiger partial charge is 0.378 e. The molecule has 0 bridgehead atoms. The molecule has 1 fully saturated rings. The Morgan fingerprint density at radius 3 is 2.66 bits per heavy atom.